The van der Waals surface area contributed by atoms with E-state index in [1.165, 1.54) is 11.1 Å². The van der Waals surface area contributed by atoms with E-state index in [4.69, 9.17) is 17.2 Å². The van der Waals surface area contributed by atoms with Gasteiger partial charge in [-0.2, -0.15) is 4.98 Å². The minimum absolute atomic E-state index is 0.308. The van der Waals surface area contributed by atoms with Crippen molar-refractivity contribution in [3.8, 4) is 28.6 Å². The van der Waals surface area contributed by atoms with E-state index in [2.05, 4.69) is 33.3 Å². The number of hydrogen-bond donors (Lipinski definition) is 1. The number of fused-ring (bicyclic) bond motifs is 1. The number of nitrogens with zero attached hydrogens (tertiary/aromatic N) is 3. The number of benzene rings is 2. The van der Waals surface area contributed by atoms with Gasteiger partial charge < -0.3 is 14.6 Å². The molecule has 3 aromatic rings. The van der Waals surface area contributed by atoms with Crippen LogP contribution in [0.25, 0.3) is 27.7 Å². The second-order valence-electron chi connectivity index (χ2n) is 7.65. The van der Waals surface area contributed by atoms with Crippen LogP contribution < -0.4 is 10.1 Å². The molecule has 0 radical (unpaired) electrons. The van der Waals surface area contributed by atoms with E-state index in [0.29, 0.717) is 34.8 Å². The average Bonchev–Trinajstić information content (AvgIpc) is 3.39. The standard InChI is InChI=1S/C24H26N4O2/c1-5-13-26-20-11-10-17-18(20)7-6-8-19(17)23-27-24(30-28-23)16-9-12-22(29-15(2)3)21(14-16)25-4/h6-9,12,14-15,20,26H,5,10-11,13H2,1-3H3/t20-/m0/s1/i15D. The number of ether oxygens (including phenoxy) is 1. The normalized spacial score (nSPS) is 16.1. The predicted octanol–water partition coefficient (Wildman–Crippen LogP) is 5.73. The zero-order valence-electron chi connectivity index (χ0n) is 18.5. The van der Waals surface area contributed by atoms with Crippen LogP contribution in [-0.4, -0.2) is 22.8 Å². The third-order valence-electron chi connectivity index (χ3n) is 5.22. The highest BCUT2D eigenvalue weighted by atomic mass is 16.5. The molecule has 0 bridgehead atoms. The Morgan fingerprint density at radius 1 is 1.37 bits per heavy atom. The SMILES string of the molecule is [2H]C(C)(C)Oc1ccc(-c2nc(-c3cccc4c3CC[C@@H]4NCCC)no2)cc1[N+]#[C-]. The molecule has 6 heteroatoms. The largest absolute Gasteiger partial charge is 0.502 e. The summed E-state index contributed by atoms with van der Waals surface area (Å²) in [5.74, 6) is 1.28. The van der Waals surface area contributed by atoms with Gasteiger partial charge in [0.15, 0.2) is 0 Å². The fourth-order valence-electron chi connectivity index (χ4n) is 3.89. The van der Waals surface area contributed by atoms with Gasteiger partial charge in [-0.05, 0) is 69.0 Å². The second-order valence-corrected chi connectivity index (χ2v) is 7.65. The van der Waals surface area contributed by atoms with Crippen molar-refractivity contribution in [3.63, 3.8) is 0 Å². The van der Waals surface area contributed by atoms with Gasteiger partial charge in [0, 0.05) is 17.2 Å². The van der Waals surface area contributed by atoms with Gasteiger partial charge in [0.1, 0.15) is 5.75 Å². The van der Waals surface area contributed by atoms with Crippen LogP contribution in [0.15, 0.2) is 40.9 Å². The monoisotopic (exact) mass is 403 g/mol. The minimum Gasteiger partial charge on any atom is -0.502 e. The maximum atomic E-state index is 7.90. The Labute approximate surface area is 178 Å². The van der Waals surface area contributed by atoms with Crippen molar-refractivity contribution in [2.75, 3.05) is 6.54 Å². The topological polar surface area (TPSA) is 64.5 Å². The van der Waals surface area contributed by atoms with Crippen molar-refractivity contribution >= 4 is 5.69 Å². The van der Waals surface area contributed by atoms with E-state index in [0.717, 1.165) is 31.4 Å². The lowest BCUT2D eigenvalue weighted by Gasteiger charge is -2.13. The van der Waals surface area contributed by atoms with Crippen LogP contribution in [0.1, 0.15) is 52.2 Å². The molecule has 0 spiro atoms. The molecule has 1 aliphatic rings. The molecule has 0 saturated heterocycles. The number of hydrogen-bond acceptors (Lipinski definition) is 5. The van der Waals surface area contributed by atoms with Gasteiger partial charge >= 0.3 is 0 Å². The van der Waals surface area contributed by atoms with Gasteiger partial charge in [-0.15, -0.1) is 0 Å². The predicted molar refractivity (Wildman–Crippen MR) is 117 cm³/mol. The Kier molecular flexibility index (Phi) is 5.45. The Bertz CT molecular complexity index is 1130. The van der Waals surface area contributed by atoms with Crippen LogP contribution in [0, 0.1) is 6.57 Å². The maximum absolute atomic E-state index is 7.90. The Hall–Kier alpha value is -3.17. The van der Waals surface area contributed by atoms with Crippen LogP contribution in [0.2, 0.25) is 0 Å². The zero-order chi connectivity index (χ0) is 22.0. The minimum atomic E-state index is -1.13. The highest BCUT2D eigenvalue weighted by molar-refractivity contribution is 5.70. The first-order chi connectivity index (χ1) is 14.9. The Balaban J connectivity index is 1.63. The molecule has 4 rings (SSSR count). The van der Waals surface area contributed by atoms with E-state index in [1.54, 1.807) is 32.0 Å². The summed E-state index contributed by atoms with van der Waals surface area (Å²) in [7, 11) is 0. The van der Waals surface area contributed by atoms with Crippen LogP contribution in [-0.2, 0) is 6.42 Å². The van der Waals surface area contributed by atoms with E-state index in [1.807, 2.05) is 12.1 Å². The lowest BCUT2D eigenvalue weighted by molar-refractivity contribution is 0.244. The fraction of sp³-hybridized carbons (Fsp3) is 0.375. The van der Waals surface area contributed by atoms with E-state index >= 15 is 0 Å². The van der Waals surface area contributed by atoms with Gasteiger partial charge in [-0.3, -0.25) is 0 Å². The first-order valence-corrected chi connectivity index (χ1v) is 10.3. The van der Waals surface area contributed by atoms with Gasteiger partial charge in [-0.1, -0.05) is 30.3 Å². The molecule has 0 amide bonds. The van der Waals surface area contributed by atoms with Crippen molar-refractivity contribution in [1.82, 2.24) is 15.5 Å². The molecule has 0 unspecified atom stereocenters. The summed E-state index contributed by atoms with van der Waals surface area (Å²) in [6, 6.07) is 11.7. The van der Waals surface area contributed by atoms with Crippen molar-refractivity contribution in [2.24, 2.45) is 0 Å². The summed E-state index contributed by atoms with van der Waals surface area (Å²) in [6.45, 7) is 13.9. The molecule has 30 heavy (non-hydrogen) atoms. The lowest BCUT2D eigenvalue weighted by atomic mass is 10.0. The number of rotatable bonds is 7. The summed E-state index contributed by atoms with van der Waals surface area (Å²) >= 11 is 0. The average molecular weight is 404 g/mol. The molecule has 0 fully saturated rings. The van der Waals surface area contributed by atoms with Gasteiger partial charge in [-0.25, -0.2) is 4.85 Å². The summed E-state index contributed by atoms with van der Waals surface area (Å²) in [4.78, 5) is 8.15. The highest BCUT2D eigenvalue weighted by Crippen LogP contribution is 2.38. The molecular weight excluding hydrogens is 376 g/mol. The molecule has 154 valence electrons. The van der Waals surface area contributed by atoms with Crippen molar-refractivity contribution in [3.05, 3.63) is 58.9 Å². The Morgan fingerprint density at radius 2 is 2.23 bits per heavy atom. The van der Waals surface area contributed by atoms with Gasteiger partial charge in [0.05, 0.1) is 14.0 Å². The molecule has 1 aliphatic carbocycles. The third kappa shape index (κ3) is 3.94. The molecular formula is C24H26N4O2. The maximum Gasteiger partial charge on any atom is 0.256 e. The van der Waals surface area contributed by atoms with Crippen LogP contribution in [0.5, 0.6) is 5.75 Å². The van der Waals surface area contributed by atoms with E-state index in [-0.39, 0.29) is 0 Å². The molecule has 6 nitrogen and oxygen atoms in total. The molecule has 1 N–H and O–H groups in total. The highest BCUT2D eigenvalue weighted by Gasteiger charge is 2.26. The van der Waals surface area contributed by atoms with Crippen LogP contribution in [0.4, 0.5) is 5.69 Å². The number of aromatic nitrogens is 2. The molecule has 0 aliphatic heterocycles. The summed E-state index contributed by atoms with van der Waals surface area (Å²) in [5.41, 5.74) is 4.53. The van der Waals surface area contributed by atoms with Crippen molar-refractivity contribution in [2.45, 2.75) is 52.2 Å². The molecule has 2 aromatic carbocycles. The summed E-state index contributed by atoms with van der Waals surface area (Å²) < 4.78 is 19.0. The first kappa shape index (κ1) is 18.8. The van der Waals surface area contributed by atoms with Crippen molar-refractivity contribution in [1.29, 1.82) is 0 Å². The quantitative estimate of drug-likeness (QED) is 0.511. The fourth-order valence-corrected chi connectivity index (χ4v) is 3.89. The molecule has 1 heterocycles. The zero-order valence-corrected chi connectivity index (χ0v) is 17.5. The summed E-state index contributed by atoms with van der Waals surface area (Å²) in [6.07, 6.45) is 2.03. The number of nitrogens with one attached hydrogen (secondary N) is 1. The smallest absolute Gasteiger partial charge is 0.256 e. The van der Waals surface area contributed by atoms with E-state index in [9.17, 15) is 0 Å². The Morgan fingerprint density at radius 3 is 3.00 bits per heavy atom. The summed E-state index contributed by atoms with van der Waals surface area (Å²) in [5, 5.41) is 7.83. The first-order valence-electron chi connectivity index (χ1n) is 10.8. The van der Waals surface area contributed by atoms with Crippen LogP contribution >= 0.6 is 0 Å². The van der Waals surface area contributed by atoms with Crippen LogP contribution in [0.3, 0.4) is 0 Å². The molecule has 0 saturated carbocycles. The second kappa shape index (κ2) is 8.68. The molecule has 1 atom stereocenters. The van der Waals surface area contributed by atoms with Gasteiger partial charge in [0.25, 0.3) is 5.89 Å². The van der Waals surface area contributed by atoms with E-state index < -0.39 is 6.08 Å². The molecule has 1 aromatic heterocycles. The van der Waals surface area contributed by atoms with Gasteiger partial charge in [0.2, 0.25) is 11.5 Å². The third-order valence-corrected chi connectivity index (χ3v) is 5.22. The van der Waals surface area contributed by atoms with Crippen molar-refractivity contribution < 1.29 is 10.6 Å². The lowest BCUT2D eigenvalue weighted by Crippen LogP contribution is -2.19.